The largest absolute Gasteiger partial charge is 0.294 e. The quantitative estimate of drug-likeness (QED) is 0.624. The van der Waals surface area contributed by atoms with E-state index in [1.165, 1.54) is 0 Å². The number of hydrogen-bond donors (Lipinski definition) is 1. The van der Waals surface area contributed by atoms with Crippen molar-refractivity contribution in [3.63, 3.8) is 0 Å². The van der Waals surface area contributed by atoms with Gasteiger partial charge in [0.2, 0.25) is 11.8 Å². The third-order valence-corrected chi connectivity index (χ3v) is 3.11. The van der Waals surface area contributed by atoms with E-state index in [1.807, 2.05) is 17.5 Å². The molecule has 1 rings (SSSR count). The molecular formula is C10H11N3O2. The Bertz CT molecular complexity index is 356. The van der Waals surface area contributed by atoms with Gasteiger partial charge in [0.05, 0.1) is 12.1 Å². The number of nitriles is 2. The first-order chi connectivity index (χ1) is 7.01. The number of imide groups is 1. The highest BCUT2D eigenvalue weighted by Crippen LogP contribution is 2.41. The van der Waals surface area contributed by atoms with Crippen LogP contribution in [0, 0.1) is 39.9 Å². The molecule has 15 heavy (non-hydrogen) atoms. The molecule has 1 aliphatic rings. The van der Waals surface area contributed by atoms with Crippen LogP contribution in [0.3, 0.4) is 0 Å². The third kappa shape index (κ3) is 1.46. The Hall–Kier alpha value is -1.88. The van der Waals surface area contributed by atoms with Gasteiger partial charge < -0.3 is 0 Å². The minimum absolute atomic E-state index is 0.433. The average Bonchev–Trinajstić information content (AvgIpc) is 2.18. The van der Waals surface area contributed by atoms with E-state index in [0.717, 1.165) is 0 Å². The normalized spacial score (nSPS) is 35.2. The molecule has 5 nitrogen and oxygen atoms in total. The van der Waals surface area contributed by atoms with E-state index in [0.29, 0.717) is 6.42 Å². The molecule has 0 radical (unpaired) electrons. The second-order valence-electron chi connectivity index (χ2n) is 3.84. The van der Waals surface area contributed by atoms with E-state index in [1.54, 1.807) is 13.8 Å². The van der Waals surface area contributed by atoms with Gasteiger partial charge in [0, 0.05) is 5.41 Å². The van der Waals surface area contributed by atoms with Crippen LogP contribution >= 0.6 is 0 Å². The smallest absolute Gasteiger partial charge is 0.244 e. The lowest BCUT2D eigenvalue weighted by atomic mass is 9.64. The van der Waals surface area contributed by atoms with E-state index in [2.05, 4.69) is 0 Å². The van der Waals surface area contributed by atoms with Crippen LogP contribution in [0.4, 0.5) is 0 Å². The zero-order valence-electron chi connectivity index (χ0n) is 8.57. The predicted octanol–water partition coefficient (Wildman–Crippen LogP) is 0.339. The molecule has 0 aromatic carbocycles. The standard InChI is InChI=1S/C10H11N3O2/c1-3-10(2)6(4-11)8(14)13-9(15)7(10)5-12/h6-7H,3H2,1-2H3,(H,13,14,15)/t6-,7+,10?. The summed E-state index contributed by atoms with van der Waals surface area (Å²) in [5, 5.41) is 19.8. The summed E-state index contributed by atoms with van der Waals surface area (Å²) in [6, 6.07) is 3.73. The summed E-state index contributed by atoms with van der Waals surface area (Å²) in [6.07, 6.45) is 0.433. The lowest BCUT2D eigenvalue weighted by Gasteiger charge is -2.38. The molecule has 5 heteroatoms. The molecule has 1 N–H and O–H groups in total. The highest BCUT2D eigenvalue weighted by atomic mass is 16.2. The first kappa shape index (κ1) is 11.2. The van der Waals surface area contributed by atoms with Crippen molar-refractivity contribution in [2.75, 3.05) is 0 Å². The van der Waals surface area contributed by atoms with Crippen molar-refractivity contribution in [1.82, 2.24) is 5.32 Å². The van der Waals surface area contributed by atoms with Crippen LogP contribution < -0.4 is 5.32 Å². The third-order valence-electron chi connectivity index (χ3n) is 3.11. The summed E-state index contributed by atoms with van der Waals surface area (Å²) in [6.45, 7) is 3.39. The Kier molecular flexibility index (Phi) is 2.76. The maximum absolute atomic E-state index is 11.4. The van der Waals surface area contributed by atoms with E-state index in [-0.39, 0.29) is 0 Å². The molecule has 78 valence electrons. The number of rotatable bonds is 1. The van der Waals surface area contributed by atoms with Gasteiger partial charge in [0.1, 0.15) is 11.8 Å². The van der Waals surface area contributed by atoms with Crippen LogP contribution in [-0.4, -0.2) is 11.8 Å². The maximum Gasteiger partial charge on any atom is 0.244 e. The van der Waals surface area contributed by atoms with Gasteiger partial charge in [0.15, 0.2) is 0 Å². The van der Waals surface area contributed by atoms with Crippen LogP contribution in [0.2, 0.25) is 0 Å². The Labute approximate surface area is 87.7 Å². The molecule has 0 saturated carbocycles. The summed E-state index contributed by atoms with van der Waals surface area (Å²) in [4.78, 5) is 22.8. The molecule has 2 amide bonds. The van der Waals surface area contributed by atoms with Crippen LogP contribution in [0.15, 0.2) is 0 Å². The molecule has 0 spiro atoms. The van der Waals surface area contributed by atoms with Gasteiger partial charge in [-0.3, -0.25) is 14.9 Å². The summed E-state index contributed by atoms with van der Waals surface area (Å²) in [7, 11) is 0. The monoisotopic (exact) mass is 205 g/mol. The summed E-state index contributed by atoms with van der Waals surface area (Å²) < 4.78 is 0. The van der Waals surface area contributed by atoms with Crippen molar-refractivity contribution in [2.24, 2.45) is 17.3 Å². The van der Waals surface area contributed by atoms with Gasteiger partial charge in [-0.1, -0.05) is 13.8 Å². The second kappa shape index (κ2) is 3.70. The predicted molar refractivity (Wildman–Crippen MR) is 49.8 cm³/mol. The molecule has 0 aromatic heterocycles. The molecule has 3 atom stereocenters. The average molecular weight is 205 g/mol. The topological polar surface area (TPSA) is 93.8 Å². The number of nitrogens with one attached hydrogen (secondary N) is 1. The fourth-order valence-corrected chi connectivity index (χ4v) is 1.85. The van der Waals surface area contributed by atoms with Crippen molar-refractivity contribution in [3.8, 4) is 12.1 Å². The molecule has 1 aliphatic heterocycles. The number of carbonyl (C=O) groups excluding carboxylic acids is 2. The number of nitrogens with zero attached hydrogens (tertiary/aromatic N) is 2. The van der Waals surface area contributed by atoms with Crippen molar-refractivity contribution in [3.05, 3.63) is 0 Å². The Morgan fingerprint density at radius 3 is 1.93 bits per heavy atom. The maximum atomic E-state index is 11.4. The number of amides is 2. The van der Waals surface area contributed by atoms with Gasteiger partial charge in [-0.15, -0.1) is 0 Å². The Morgan fingerprint density at radius 2 is 1.67 bits per heavy atom. The van der Waals surface area contributed by atoms with Gasteiger partial charge in [0.25, 0.3) is 0 Å². The van der Waals surface area contributed by atoms with Crippen molar-refractivity contribution in [1.29, 1.82) is 10.5 Å². The molecular weight excluding hydrogens is 194 g/mol. The zero-order chi connectivity index (χ0) is 11.6. The van der Waals surface area contributed by atoms with E-state index in [9.17, 15) is 9.59 Å². The van der Waals surface area contributed by atoms with Gasteiger partial charge in [-0.25, -0.2) is 0 Å². The first-order valence-corrected chi connectivity index (χ1v) is 4.65. The fraction of sp³-hybridized carbons (Fsp3) is 0.600. The van der Waals surface area contributed by atoms with Crippen LogP contribution in [-0.2, 0) is 9.59 Å². The van der Waals surface area contributed by atoms with Crippen LogP contribution in [0.1, 0.15) is 20.3 Å². The zero-order valence-corrected chi connectivity index (χ0v) is 8.57. The van der Waals surface area contributed by atoms with Gasteiger partial charge >= 0.3 is 0 Å². The van der Waals surface area contributed by atoms with E-state index < -0.39 is 29.1 Å². The van der Waals surface area contributed by atoms with Gasteiger partial charge in [-0.05, 0) is 6.42 Å². The van der Waals surface area contributed by atoms with Crippen LogP contribution in [0.25, 0.3) is 0 Å². The lowest BCUT2D eigenvalue weighted by Crippen LogP contribution is -2.56. The number of piperidine rings is 1. The molecule has 0 aliphatic carbocycles. The molecule has 1 unspecified atom stereocenters. The summed E-state index contributed by atoms with van der Waals surface area (Å²) in [5.41, 5.74) is -0.886. The van der Waals surface area contributed by atoms with Gasteiger partial charge in [-0.2, -0.15) is 10.5 Å². The summed E-state index contributed by atoms with van der Waals surface area (Å²) in [5.74, 6) is -3.08. The Balaban J connectivity index is 3.23. The molecule has 0 aromatic rings. The highest BCUT2D eigenvalue weighted by Gasteiger charge is 2.52. The minimum Gasteiger partial charge on any atom is -0.294 e. The first-order valence-electron chi connectivity index (χ1n) is 4.65. The highest BCUT2D eigenvalue weighted by molar-refractivity contribution is 6.03. The van der Waals surface area contributed by atoms with Crippen molar-refractivity contribution in [2.45, 2.75) is 20.3 Å². The molecule has 1 fully saturated rings. The van der Waals surface area contributed by atoms with E-state index >= 15 is 0 Å². The molecule has 1 heterocycles. The second-order valence-corrected chi connectivity index (χ2v) is 3.84. The number of carbonyl (C=O) groups is 2. The minimum atomic E-state index is -0.940. The molecule has 1 saturated heterocycles. The van der Waals surface area contributed by atoms with E-state index in [4.69, 9.17) is 10.5 Å². The van der Waals surface area contributed by atoms with Crippen molar-refractivity contribution >= 4 is 11.8 Å². The SMILES string of the molecule is CCC1(C)[C@H](C#N)C(=O)NC(=O)[C@@H]1C#N. The number of hydrogen-bond acceptors (Lipinski definition) is 4. The van der Waals surface area contributed by atoms with Crippen LogP contribution in [0.5, 0.6) is 0 Å². The molecule has 0 bridgehead atoms. The summed E-state index contributed by atoms with van der Waals surface area (Å²) >= 11 is 0. The fourth-order valence-electron chi connectivity index (χ4n) is 1.85. The van der Waals surface area contributed by atoms with Crippen molar-refractivity contribution < 1.29 is 9.59 Å². The Morgan fingerprint density at radius 1 is 1.27 bits per heavy atom. The lowest BCUT2D eigenvalue weighted by molar-refractivity contribution is -0.144.